The normalized spacial score (nSPS) is 30.5. The molecule has 2 rings (SSSR count). The third kappa shape index (κ3) is 7.01. The molecule has 1 aliphatic rings. The molecule has 16 heteroatoms. The van der Waals surface area contributed by atoms with Gasteiger partial charge in [0.05, 0.1) is 17.6 Å². The lowest BCUT2D eigenvalue weighted by Crippen LogP contribution is -2.50. The highest BCUT2D eigenvalue weighted by molar-refractivity contribution is 7.51. The van der Waals surface area contributed by atoms with Gasteiger partial charge in [0.15, 0.2) is 6.23 Å². The molecule has 0 saturated carbocycles. The minimum Gasteiger partial charge on any atom is -0.462 e. The second-order valence-corrected chi connectivity index (χ2v) is 11.4. The molecule has 8 atom stereocenters. The van der Waals surface area contributed by atoms with E-state index in [0.29, 0.717) is 4.57 Å². The summed E-state index contributed by atoms with van der Waals surface area (Å²) in [5.74, 6) is -4.00. The lowest BCUT2D eigenvalue weighted by atomic mass is 9.95. The maximum absolute atomic E-state index is 15.8. The molecule has 206 valence electrons. The van der Waals surface area contributed by atoms with Crippen molar-refractivity contribution in [3.05, 3.63) is 33.1 Å². The fraction of sp³-hybridized carbons (Fsp3) is 0.750. The number of rotatable bonds is 11. The van der Waals surface area contributed by atoms with E-state index >= 15 is 4.39 Å². The molecule has 0 radical (unpaired) electrons. The Kier molecular flexibility index (Phi) is 9.68. The van der Waals surface area contributed by atoms with Gasteiger partial charge in [0.2, 0.25) is 0 Å². The van der Waals surface area contributed by atoms with Crippen molar-refractivity contribution < 1.29 is 42.5 Å². The molecular formula is C20H32ClFN3O10P. The fourth-order valence-corrected chi connectivity index (χ4v) is 5.07. The van der Waals surface area contributed by atoms with Crippen LogP contribution >= 0.6 is 19.3 Å². The number of H-pyrrole nitrogens is 1. The molecule has 36 heavy (non-hydrogen) atoms. The quantitative estimate of drug-likeness (QED) is 0.172. The number of nitrogens with zero attached hydrogens (tertiary/aromatic N) is 1. The van der Waals surface area contributed by atoms with Gasteiger partial charge in [0, 0.05) is 12.3 Å². The summed E-state index contributed by atoms with van der Waals surface area (Å²) in [7, 11) is -4.52. The smallest absolute Gasteiger partial charge is 0.406 e. The Morgan fingerprint density at radius 3 is 2.50 bits per heavy atom. The number of nitrogens with one attached hydrogen (secondary N) is 2. The molecule has 0 aromatic carbocycles. The van der Waals surface area contributed by atoms with Crippen LogP contribution in [0.5, 0.6) is 0 Å². The summed E-state index contributed by atoms with van der Waals surface area (Å²) in [6.07, 6.45) is -4.55. The zero-order valence-electron chi connectivity index (χ0n) is 20.6. The van der Waals surface area contributed by atoms with E-state index in [1.165, 1.54) is 20.8 Å². The number of esters is 1. The molecule has 0 aliphatic carbocycles. The third-order valence-corrected chi connectivity index (χ3v) is 7.45. The number of aromatic amines is 1. The molecule has 2 unspecified atom stereocenters. The summed E-state index contributed by atoms with van der Waals surface area (Å²) in [5.41, 5.74) is -4.19. The SMILES string of the molecule is CC(C)OC(=O)[C@H](C)NP(=O)(OC[C@@]1(F)O[C@@H](n2ccc(=O)[nH]c2=O)[C@](C)(O)[C@@H]1O)O[C@H](C)C(C)Cl. The van der Waals surface area contributed by atoms with E-state index in [-0.39, 0.29) is 0 Å². The number of carbonyl (C=O) groups excluding carboxylic acids is 1. The van der Waals surface area contributed by atoms with Crippen molar-refractivity contribution in [3.63, 3.8) is 0 Å². The minimum atomic E-state index is -4.52. The first-order valence-corrected chi connectivity index (χ1v) is 13.0. The van der Waals surface area contributed by atoms with E-state index in [9.17, 15) is 29.2 Å². The zero-order valence-corrected chi connectivity index (χ0v) is 22.3. The number of aliphatic hydroxyl groups excluding tert-OH is 1. The molecule has 0 amide bonds. The van der Waals surface area contributed by atoms with Gasteiger partial charge in [0.1, 0.15) is 24.4 Å². The van der Waals surface area contributed by atoms with Crippen LogP contribution in [-0.4, -0.2) is 73.5 Å². The average molecular weight is 560 g/mol. The Labute approximate surface area is 211 Å². The molecule has 1 saturated heterocycles. The second-order valence-electron chi connectivity index (χ2n) is 9.00. The van der Waals surface area contributed by atoms with E-state index in [1.54, 1.807) is 13.8 Å². The van der Waals surface area contributed by atoms with Crippen molar-refractivity contribution in [1.29, 1.82) is 0 Å². The number of hydrogen-bond donors (Lipinski definition) is 4. The Hall–Kier alpha value is -1.64. The first-order chi connectivity index (χ1) is 16.4. The molecule has 1 aromatic rings. The molecular weight excluding hydrogens is 528 g/mol. The number of halogens is 2. The summed E-state index contributed by atoms with van der Waals surface area (Å²) in [4.78, 5) is 37.6. The van der Waals surface area contributed by atoms with E-state index in [1.807, 2.05) is 4.98 Å². The van der Waals surface area contributed by atoms with Gasteiger partial charge in [-0.1, -0.05) is 0 Å². The van der Waals surface area contributed by atoms with E-state index in [4.69, 9.17) is 30.1 Å². The molecule has 0 bridgehead atoms. The first kappa shape index (κ1) is 30.6. The number of hydrogen-bond acceptors (Lipinski definition) is 10. The molecule has 1 aliphatic heterocycles. The number of aromatic nitrogens is 2. The van der Waals surface area contributed by atoms with Crippen LogP contribution in [-0.2, 0) is 27.9 Å². The van der Waals surface area contributed by atoms with Crippen molar-refractivity contribution in [1.82, 2.24) is 14.6 Å². The third-order valence-electron chi connectivity index (χ3n) is 5.31. The summed E-state index contributed by atoms with van der Waals surface area (Å²) >= 11 is 5.98. The summed E-state index contributed by atoms with van der Waals surface area (Å²) in [6, 6.07) is -0.295. The van der Waals surface area contributed by atoms with Crippen LogP contribution in [0.2, 0.25) is 0 Å². The molecule has 13 nitrogen and oxygen atoms in total. The van der Waals surface area contributed by atoms with Crippen LogP contribution in [0.25, 0.3) is 0 Å². The molecule has 1 fully saturated rings. The minimum absolute atomic E-state index is 0.476. The molecule has 1 aromatic heterocycles. The van der Waals surface area contributed by atoms with E-state index in [0.717, 1.165) is 19.2 Å². The first-order valence-electron chi connectivity index (χ1n) is 11.1. The van der Waals surface area contributed by atoms with Gasteiger partial charge < -0.3 is 19.7 Å². The maximum Gasteiger partial charge on any atom is 0.406 e. The predicted molar refractivity (Wildman–Crippen MR) is 125 cm³/mol. The number of carbonyl (C=O) groups is 1. The highest BCUT2D eigenvalue weighted by Gasteiger charge is 2.63. The van der Waals surface area contributed by atoms with Gasteiger partial charge in [-0.05, 0) is 41.5 Å². The van der Waals surface area contributed by atoms with Gasteiger partial charge >= 0.3 is 19.4 Å². The van der Waals surface area contributed by atoms with Crippen molar-refractivity contribution in [3.8, 4) is 0 Å². The van der Waals surface area contributed by atoms with Crippen LogP contribution < -0.4 is 16.3 Å². The zero-order chi connectivity index (χ0) is 27.6. The largest absolute Gasteiger partial charge is 0.462 e. The Bertz CT molecular complexity index is 1100. The van der Waals surface area contributed by atoms with Gasteiger partial charge in [-0.2, -0.15) is 0 Å². The van der Waals surface area contributed by atoms with Crippen LogP contribution in [0.3, 0.4) is 0 Å². The number of aliphatic hydroxyl groups is 2. The maximum atomic E-state index is 15.8. The second kappa shape index (κ2) is 11.4. The van der Waals surface area contributed by atoms with Gasteiger partial charge in [-0.3, -0.25) is 28.2 Å². The number of ether oxygens (including phenoxy) is 2. The molecule has 2 heterocycles. The summed E-state index contributed by atoms with van der Waals surface area (Å²) in [5, 5.41) is 22.9. The Morgan fingerprint density at radius 1 is 1.36 bits per heavy atom. The number of alkyl halides is 2. The lowest BCUT2D eigenvalue weighted by Gasteiger charge is -2.30. The standard InChI is InChI=1S/C20H32ClFN3O10P/c1-10(2)33-15(27)12(4)24-36(31,35-13(5)11(3)21)32-9-20(22)16(28)19(6,30)17(34-20)25-8-7-14(26)23-18(25)29/h7-8,10-13,16-17,28,30H,9H2,1-6H3,(H,24,31)(H,23,26,29)/t11?,12-,13+,16-,17+,19+,20+,36?/m0/s1. The molecule has 0 spiro atoms. The van der Waals surface area contributed by atoms with Gasteiger partial charge in [-0.15, -0.1) is 11.6 Å². The Balaban J connectivity index is 2.30. The van der Waals surface area contributed by atoms with Gasteiger partial charge in [0.25, 0.3) is 11.4 Å². The lowest BCUT2D eigenvalue weighted by molar-refractivity contribution is -0.204. The van der Waals surface area contributed by atoms with Crippen molar-refractivity contribution in [2.45, 2.75) is 89.0 Å². The van der Waals surface area contributed by atoms with Crippen LogP contribution in [0.15, 0.2) is 21.9 Å². The van der Waals surface area contributed by atoms with Crippen molar-refractivity contribution in [2.75, 3.05) is 6.61 Å². The average Bonchev–Trinajstić information content (AvgIpc) is 2.92. The highest BCUT2D eigenvalue weighted by Crippen LogP contribution is 2.51. The van der Waals surface area contributed by atoms with Crippen molar-refractivity contribution >= 4 is 25.3 Å². The monoisotopic (exact) mass is 559 g/mol. The van der Waals surface area contributed by atoms with E-state index in [2.05, 4.69) is 5.09 Å². The van der Waals surface area contributed by atoms with Crippen LogP contribution in [0, 0.1) is 0 Å². The topological polar surface area (TPSA) is 178 Å². The Morgan fingerprint density at radius 2 is 1.97 bits per heavy atom. The van der Waals surface area contributed by atoms with Crippen LogP contribution in [0.1, 0.15) is 47.8 Å². The van der Waals surface area contributed by atoms with E-state index < -0.39 is 79.0 Å². The fourth-order valence-electron chi connectivity index (χ4n) is 3.20. The van der Waals surface area contributed by atoms with Gasteiger partial charge in [-0.25, -0.2) is 18.8 Å². The molecule has 4 N–H and O–H groups in total. The summed E-state index contributed by atoms with van der Waals surface area (Å²) < 4.78 is 50.7. The highest BCUT2D eigenvalue weighted by atomic mass is 35.5. The van der Waals surface area contributed by atoms with Crippen molar-refractivity contribution in [2.24, 2.45) is 0 Å². The summed E-state index contributed by atoms with van der Waals surface area (Å²) in [6.45, 7) is 7.26. The predicted octanol–water partition coefficient (Wildman–Crippen LogP) is 0.930. The van der Waals surface area contributed by atoms with Crippen LogP contribution in [0.4, 0.5) is 4.39 Å².